The second kappa shape index (κ2) is 9.91. The summed E-state index contributed by atoms with van der Waals surface area (Å²) in [6.45, 7) is 2.23. The first kappa shape index (κ1) is 24.2. The summed E-state index contributed by atoms with van der Waals surface area (Å²) in [5.41, 5.74) is 8.77. The first-order chi connectivity index (χ1) is 22.1. The average Bonchev–Trinajstić information content (AvgIpc) is 3.48. The number of fused-ring (bicyclic) bond motifs is 6. The molecule has 0 aliphatic carbocycles. The van der Waals surface area contributed by atoms with Crippen LogP contribution in [0.1, 0.15) is 6.93 Å². The summed E-state index contributed by atoms with van der Waals surface area (Å²) in [5.74, 6) is 0. The van der Waals surface area contributed by atoms with Crippen LogP contribution in [0.4, 0.5) is 0 Å². The molecule has 8 aromatic carbocycles. The van der Waals surface area contributed by atoms with Gasteiger partial charge in [0.05, 0.1) is 1.37 Å². The van der Waals surface area contributed by atoms with Crippen molar-refractivity contribution in [2.75, 3.05) is 0 Å². The summed E-state index contributed by atoms with van der Waals surface area (Å²) in [7, 11) is 0. The van der Waals surface area contributed by atoms with Gasteiger partial charge in [-0.15, -0.1) is 11.3 Å². The molecule has 0 amide bonds. The molecule has 1 heteroatoms. The molecule has 0 unspecified atom stereocenters. The quantitative estimate of drug-likeness (QED) is 0.183. The van der Waals surface area contributed by atoms with Crippen LogP contribution in [0.25, 0.3) is 85.9 Å². The summed E-state index contributed by atoms with van der Waals surface area (Å²) in [4.78, 5) is 0. The molecular formula is C43H28S. The molecule has 0 N–H and O–H groups in total. The van der Waals surface area contributed by atoms with Gasteiger partial charge in [0.2, 0.25) is 0 Å². The highest BCUT2D eigenvalue weighted by Crippen LogP contribution is 2.48. The summed E-state index contributed by atoms with van der Waals surface area (Å²) >= 11 is 1.90. The fraction of sp³-hybridized carbons (Fsp3) is 0.0233. The highest BCUT2D eigenvalue weighted by molar-refractivity contribution is 7.26. The Morgan fingerprint density at radius 2 is 1.14 bits per heavy atom. The van der Waals surface area contributed by atoms with Crippen molar-refractivity contribution >= 4 is 63.8 Å². The van der Waals surface area contributed by atoms with Gasteiger partial charge in [-0.25, -0.2) is 0 Å². The van der Waals surface area contributed by atoms with Gasteiger partial charge in [0.1, 0.15) is 0 Å². The molecule has 9 rings (SSSR count). The first-order valence-corrected chi connectivity index (χ1v) is 15.9. The fourth-order valence-electron chi connectivity index (χ4n) is 7.06. The Hall–Kier alpha value is -5.24. The van der Waals surface area contributed by atoms with Crippen LogP contribution in [0.2, 0.25) is 0 Å². The highest BCUT2D eigenvalue weighted by Gasteiger charge is 2.20. The van der Waals surface area contributed by atoms with Crippen LogP contribution in [0, 0.1) is 6.92 Å². The number of aryl methyl sites for hydroxylation is 1. The van der Waals surface area contributed by atoms with Gasteiger partial charge in [-0.05, 0) is 96.4 Å². The van der Waals surface area contributed by atoms with Gasteiger partial charge in [0, 0.05) is 20.2 Å². The van der Waals surface area contributed by atoms with E-state index in [4.69, 9.17) is 1.37 Å². The van der Waals surface area contributed by atoms with Gasteiger partial charge >= 0.3 is 0 Å². The van der Waals surface area contributed by atoms with Crippen LogP contribution < -0.4 is 0 Å². The van der Waals surface area contributed by atoms with Crippen LogP contribution in [-0.2, 0) is 0 Å². The molecule has 206 valence electrons. The third-order valence-corrected chi connectivity index (χ3v) is 10.4. The van der Waals surface area contributed by atoms with Crippen LogP contribution in [0.5, 0.6) is 0 Å². The van der Waals surface area contributed by atoms with E-state index in [2.05, 4.69) is 134 Å². The van der Waals surface area contributed by atoms with E-state index in [-0.39, 0.29) is 0 Å². The lowest BCUT2D eigenvalue weighted by atomic mass is 9.84. The van der Waals surface area contributed by atoms with Crippen molar-refractivity contribution in [3.8, 4) is 33.4 Å². The third-order valence-electron chi connectivity index (χ3n) is 9.09. The van der Waals surface area contributed by atoms with Gasteiger partial charge < -0.3 is 0 Å². The monoisotopic (exact) mass is 577 g/mol. The Morgan fingerprint density at radius 3 is 1.91 bits per heavy atom. The minimum absolute atomic E-state index is 0.540. The average molecular weight is 578 g/mol. The van der Waals surface area contributed by atoms with Crippen molar-refractivity contribution in [1.29, 1.82) is 0 Å². The smallest absolute Gasteiger partial charge is 0.0623 e. The molecule has 1 aromatic heterocycles. The minimum Gasteiger partial charge on any atom is -0.135 e. The molecule has 1 heterocycles. The van der Waals surface area contributed by atoms with E-state index in [0.717, 1.165) is 10.8 Å². The fourth-order valence-corrected chi connectivity index (χ4v) is 8.25. The Kier molecular flexibility index (Phi) is 5.46. The maximum Gasteiger partial charge on any atom is 0.0623 e. The second-order valence-electron chi connectivity index (χ2n) is 11.6. The molecule has 0 atom stereocenters. The Morgan fingerprint density at radius 1 is 0.477 bits per heavy atom. The molecule has 0 fully saturated rings. The summed E-state index contributed by atoms with van der Waals surface area (Å²) in [6, 6.07) is 53.2. The van der Waals surface area contributed by atoms with Crippen molar-refractivity contribution in [3.05, 3.63) is 157 Å². The van der Waals surface area contributed by atoms with Gasteiger partial charge in [0.25, 0.3) is 0 Å². The van der Waals surface area contributed by atoms with Gasteiger partial charge in [-0.2, -0.15) is 0 Å². The number of benzene rings is 8. The van der Waals surface area contributed by atoms with E-state index in [1.165, 1.54) is 80.7 Å². The minimum atomic E-state index is 0.540. The molecule has 0 saturated heterocycles. The number of thiophene rings is 1. The van der Waals surface area contributed by atoms with E-state index in [1.807, 2.05) is 29.5 Å². The maximum absolute atomic E-state index is 8.00. The van der Waals surface area contributed by atoms with Crippen LogP contribution in [0.15, 0.2) is 152 Å². The zero-order valence-corrected chi connectivity index (χ0v) is 25.1. The Bertz CT molecular complexity index is 2570. The maximum atomic E-state index is 8.00. The molecule has 0 radical (unpaired) electrons. The van der Waals surface area contributed by atoms with E-state index in [9.17, 15) is 0 Å². The highest BCUT2D eigenvalue weighted by atomic mass is 32.1. The Labute approximate surface area is 261 Å². The van der Waals surface area contributed by atoms with Crippen LogP contribution in [-0.4, -0.2) is 0 Å². The van der Waals surface area contributed by atoms with Crippen molar-refractivity contribution in [1.82, 2.24) is 0 Å². The molecule has 0 nitrogen and oxygen atoms in total. The lowest BCUT2D eigenvalue weighted by molar-refractivity contribution is 1.56. The Balaban J connectivity index is 1.33. The van der Waals surface area contributed by atoms with Crippen molar-refractivity contribution < 1.29 is 1.37 Å². The second-order valence-corrected chi connectivity index (χ2v) is 12.7. The van der Waals surface area contributed by atoms with E-state index in [1.54, 1.807) is 0 Å². The predicted molar refractivity (Wildman–Crippen MR) is 193 cm³/mol. The zero-order chi connectivity index (χ0) is 30.1. The van der Waals surface area contributed by atoms with Crippen molar-refractivity contribution in [2.24, 2.45) is 0 Å². The predicted octanol–water partition coefficient (Wildman–Crippen LogP) is 12.8. The lowest BCUT2D eigenvalue weighted by Gasteiger charge is -2.19. The number of hydrogen-bond donors (Lipinski definition) is 0. The van der Waals surface area contributed by atoms with Crippen molar-refractivity contribution in [3.63, 3.8) is 0 Å². The third kappa shape index (κ3) is 3.83. The van der Waals surface area contributed by atoms with Gasteiger partial charge in [-0.3, -0.25) is 0 Å². The molecule has 0 aliphatic rings. The molecule has 0 saturated carbocycles. The molecule has 44 heavy (non-hydrogen) atoms. The molecule has 0 aliphatic heterocycles. The van der Waals surface area contributed by atoms with E-state index in [0.29, 0.717) is 6.04 Å². The topological polar surface area (TPSA) is 0 Å². The zero-order valence-electron chi connectivity index (χ0n) is 25.3. The normalized spacial score (nSPS) is 12.1. The van der Waals surface area contributed by atoms with E-state index >= 15 is 0 Å². The number of rotatable bonds is 3. The first-order valence-electron chi connectivity index (χ1n) is 15.6. The van der Waals surface area contributed by atoms with Crippen LogP contribution >= 0.6 is 11.3 Å². The standard InChI is InChI=1S/C43H28S/c1-27-21-24-38(42-37-19-8-9-20-39(37)44-43(27)42)41-35-17-6-4-15-33(35)40(34-16-5-7-18-36(34)41)32-14-10-13-30(26-32)31-23-22-28-11-2-3-12-29(28)25-31/h2-26H,1H3/i2D. The van der Waals surface area contributed by atoms with Gasteiger partial charge in [0.15, 0.2) is 0 Å². The molecule has 0 spiro atoms. The molecule has 0 bridgehead atoms. The SMILES string of the molecule is [2H]c1ccc2cc(-c3cccc(-c4c5ccccc5c(-c5ccc(C)c6sc7ccccc7c56)c5ccccc45)c3)ccc2c1. The summed E-state index contributed by atoms with van der Waals surface area (Å²) in [6.07, 6.45) is 0. The molecular weight excluding hydrogens is 549 g/mol. The molecule has 9 aromatic rings. The number of hydrogen-bond acceptors (Lipinski definition) is 1. The van der Waals surface area contributed by atoms with E-state index < -0.39 is 0 Å². The van der Waals surface area contributed by atoms with Crippen LogP contribution in [0.3, 0.4) is 0 Å². The summed E-state index contributed by atoms with van der Waals surface area (Å²) < 4.78 is 10.7. The largest absolute Gasteiger partial charge is 0.135 e. The lowest BCUT2D eigenvalue weighted by Crippen LogP contribution is -1.92. The van der Waals surface area contributed by atoms with Gasteiger partial charge in [-0.1, -0.05) is 133 Å². The summed E-state index contributed by atoms with van der Waals surface area (Å²) in [5, 5.41) is 10.0. The van der Waals surface area contributed by atoms with Crippen molar-refractivity contribution in [2.45, 2.75) is 6.92 Å².